The zero-order valence-electron chi connectivity index (χ0n) is 14.2. The highest BCUT2D eigenvalue weighted by Crippen LogP contribution is 2.20. The normalized spacial score (nSPS) is 10.9. The lowest BCUT2D eigenvalue weighted by Gasteiger charge is -2.13. The summed E-state index contributed by atoms with van der Waals surface area (Å²) in [4.78, 5) is 29.8. The number of pyridine rings is 1. The van der Waals surface area contributed by atoms with Gasteiger partial charge in [0.2, 0.25) is 5.91 Å². The molecule has 6 nitrogen and oxygen atoms in total. The quantitative estimate of drug-likeness (QED) is 0.591. The molecular formula is C20H15ClN4O2. The molecule has 2 heterocycles. The third kappa shape index (κ3) is 3.22. The Morgan fingerprint density at radius 3 is 2.52 bits per heavy atom. The number of nitrogens with one attached hydrogen (secondary N) is 1. The molecule has 7 heteroatoms. The summed E-state index contributed by atoms with van der Waals surface area (Å²) in [5.74, 6) is -0.310. The summed E-state index contributed by atoms with van der Waals surface area (Å²) in [6.07, 6.45) is 1.60. The van der Waals surface area contributed by atoms with Crippen LogP contribution in [0.15, 0.2) is 77.7 Å². The summed E-state index contributed by atoms with van der Waals surface area (Å²) >= 11 is 6.11. The highest BCUT2D eigenvalue weighted by atomic mass is 35.5. The molecule has 4 aromatic rings. The molecule has 0 saturated carbocycles. The Morgan fingerprint density at radius 1 is 1.00 bits per heavy atom. The maximum atomic E-state index is 12.9. The van der Waals surface area contributed by atoms with Gasteiger partial charge in [-0.15, -0.1) is 0 Å². The maximum Gasteiger partial charge on any atom is 0.280 e. The molecule has 0 aliphatic heterocycles. The summed E-state index contributed by atoms with van der Waals surface area (Å²) in [6.45, 7) is -0.0874. The SMILES string of the molecule is O=C(Cn1c2ncccc2c(=O)n1-c1ccccc1)Nc1ccccc1Cl. The van der Waals surface area contributed by atoms with Gasteiger partial charge in [-0.3, -0.25) is 14.3 Å². The van der Waals surface area contributed by atoms with E-state index in [-0.39, 0.29) is 18.0 Å². The first-order valence-electron chi connectivity index (χ1n) is 8.31. The van der Waals surface area contributed by atoms with E-state index in [0.717, 1.165) is 0 Å². The molecule has 0 atom stereocenters. The molecule has 134 valence electrons. The molecule has 0 bridgehead atoms. The van der Waals surface area contributed by atoms with Gasteiger partial charge in [0.15, 0.2) is 5.65 Å². The number of para-hydroxylation sites is 2. The molecule has 0 saturated heterocycles. The van der Waals surface area contributed by atoms with E-state index in [2.05, 4.69) is 10.3 Å². The monoisotopic (exact) mass is 378 g/mol. The molecule has 0 aliphatic rings. The Kier molecular flexibility index (Phi) is 4.48. The van der Waals surface area contributed by atoms with Gasteiger partial charge in [0.1, 0.15) is 6.54 Å². The minimum absolute atomic E-state index is 0.0874. The van der Waals surface area contributed by atoms with E-state index in [1.165, 1.54) is 4.68 Å². The van der Waals surface area contributed by atoms with Crippen molar-refractivity contribution in [3.8, 4) is 5.69 Å². The van der Waals surface area contributed by atoms with Crippen molar-refractivity contribution in [1.82, 2.24) is 14.3 Å². The van der Waals surface area contributed by atoms with E-state index in [1.807, 2.05) is 30.3 Å². The minimum Gasteiger partial charge on any atom is -0.323 e. The Labute approximate surface area is 159 Å². The number of carbonyl (C=O) groups is 1. The van der Waals surface area contributed by atoms with Crippen LogP contribution < -0.4 is 10.9 Å². The fraction of sp³-hybridized carbons (Fsp3) is 0.0500. The minimum atomic E-state index is -0.310. The molecule has 4 rings (SSSR count). The van der Waals surface area contributed by atoms with Gasteiger partial charge in [-0.1, -0.05) is 41.9 Å². The van der Waals surface area contributed by atoms with Crippen molar-refractivity contribution in [2.24, 2.45) is 0 Å². The third-order valence-corrected chi connectivity index (χ3v) is 4.47. The molecule has 0 spiro atoms. The second kappa shape index (κ2) is 7.09. The standard InChI is InChI=1S/C20H15ClN4O2/c21-16-10-4-5-11-17(16)23-18(26)13-24-19-15(9-6-12-22-19)20(27)25(24)14-7-2-1-3-8-14/h1-12H,13H2,(H,23,26). The zero-order chi connectivity index (χ0) is 18.8. The molecule has 0 fully saturated rings. The van der Waals surface area contributed by atoms with Crippen LogP contribution in [0.25, 0.3) is 16.7 Å². The van der Waals surface area contributed by atoms with Gasteiger partial charge < -0.3 is 5.32 Å². The van der Waals surface area contributed by atoms with Gasteiger partial charge in [0, 0.05) is 6.20 Å². The molecule has 0 unspecified atom stereocenters. The van der Waals surface area contributed by atoms with Crippen LogP contribution in [-0.2, 0) is 11.3 Å². The van der Waals surface area contributed by atoms with Crippen LogP contribution in [0.3, 0.4) is 0 Å². The van der Waals surface area contributed by atoms with Crippen LogP contribution in [0, 0.1) is 0 Å². The van der Waals surface area contributed by atoms with Gasteiger partial charge in [-0.2, -0.15) is 0 Å². The molecule has 2 aromatic heterocycles. The van der Waals surface area contributed by atoms with E-state index >= 15 is 0 Å². The predicted molar refractivity (Wildman–Crippen MR) is 105 cm³/mol. The van der Waals surface area contributed by atoms with Crippen molar-refractivity contribution in [1.29, 1.82) is 0 Å². The number of nitrogens with zero attached hydrogens (tertiary/aromatic N) is 3. The molecule has 0 radical (unpaired) electrons. The first-order chi connectivity index (χ1) is 13.1. The lowest BCUT2D eigenvalue weighted by molar-refractivity contribution is -0.116. The van der Waals surface area contributed by atoms with E-state index < -0.39 is 0 Å². The maximum absolute atomic E-state index is 12.9. The number of halogens is 1. The Hall–Kier alpha value is -3.38. The molecule has 1 amide bonds. The van der Waals surface area contributed by atoms with E-state index in [1.54, 1.807) is 47.3 Å². The molecule has 1 N–H and O–H groups in total. The number of aromatic nitrogens is 3. The lowest BCUT2D eigenvalue weighted by Crippen LogP contribution is -2.27. The summed E-state index contributed by atoms with van der Waals surface area (Å²) < 4.78 is 3.03. The van der Waals surface area contributed by atoms with E-state index in [4.69, 9.17) is 11.6 Å². The highest BCUT2D eigenvalue weighted by Gasteiger charge is 2.18. The van der Waals surface area contributed by atoms with Crippen molar-refractivity contribution in [2.75, 3.05) is 5.32 Å². The predicted octanol–water partition coefficient (Wildman–Crippen LogP) is 3.48. The van der Waals surface area contributed by atoms with Gasteiger partial charge in [-0.05, 0) is 36.4 Å². The Balaban J connectivity index is 1.78. The Bertz CT molecular complexity index is 1180. The molecule has 0 aliphatic carbocycles. The fourth-order valence-electron chi connectivity index (χ4n) is 2.95. The second-order valence-electron chi connectivity index (χ2n) is 5.91. The van der Waals surface area contributed by atoms with Crippen LogP contribution in [0.4, 0.5) is 5.69 Å². The number of hydrogen-bond acceptors (Lipinski definition) is 3. The number of fused-ring (bicyclic) bond motifs is 1. The van der Waals surface area contributed by atoms with Crippen molar-refractivity contribution < 1.29 is 4.79 Å². The van der Waals surface area contributed by atoms with Crippen molar-refractivity contribution in [3.05, 3.63) is 88.3 Å². The molecular weight excluding hydrogens is 364 g/mol. The van der Waals surface area contributed by atoms with Crippen LogP contribution in [0.5, 0.6) is 0 Å². The first kappa shape index (κ1) is 17.1. The van der Waals surface area contributed by atoms with Gasteiger partial charge in [0.05, 0.1) is 21.8 Å². The summed E-state index contributed by atoms with van der Waals surface area (Å²) in [5, 5.41) is 3.67. The van der Waals surface area contributed by atoms with Crippen LogP contribution in [0.1, 0.15) is 0 Å². The number of rotatable bonds is 4. The zero-order valence-corrected chi connectivity index (χ0v) is 14.9. The summed E-state index contributed by atoms with van der Waals surface area (Å²) in [5.41, 5.74) is 1.39. The highest BCUT2D eigenvalue weighted by molar-refractivity contribution is 6.33. The Morgan fingerprint density at radius 2 is 1.74 bits per heavy atom. The summed E-state index contributed by atoms with van der Waals surface area (Å²) in [7, 11) is 0. The average molecular weight is 379 g/mol. The van der Waals surface area contributed by atoms with E-state index in [9.17, 15) is 9.59 Å². The van der Waals surface area contributed by atoms with Crippen LogP contribution in [0.2, 0.25) is 5.02 Å². The number of anilines is 1. The smallest absolute Gasteiger partial charge is 0.280 e. The van der Waals surface area contributed by atoms with Crippen molar-refractivity contribution in [2.45, 2.75) is 6.54 Å². The van der Waals surface area contributed by atoms with Gasteiger partial charge >= 0.3 is 0 Å². The van der Waals surface area contributed by atoms with Crippen molar-refractivity contribution >= 4 is 34.2 Å². The third-order valence-electron chi connectivity index (χ3n) is 4.14. The van der Waals surface area contributed by atoms with Gasteiger partial charge in [-0.25, -0.2) is 9.67 Å². The topological polar surface area (TPSA) is 68.9 Å². The largest absolute Gasteiger partial charge is 0.323 e. The lowest BCUT2D eigenvalue weighted by atomic mass is 10.3. The second-order valence-corrected chi connectivity index (χ2v) is 6.32. The van der Waals surface area contributed by atoms with E-state index in [0.29, 0.717) is 27.4 Å². The number of amides is 1. The number of benzene rings is 2. The summed E-state index contributed by atoms with van der Waals surface area (Å²) in [6, 6.07) is 19.5. The molecule has 2 aromatic carbocycles. The number of hydrogen-bond donors (Lipinski definition) is 1. The van der Waals surface area contributed by atoms with Crippen LogP contribution in [-0.4, -0.2) is 20.3 Å². The average Bonchev–Trinajstić information content (AvgIpc) is 2.96. The fourth-order valence-corrected chi connectivity index (χ4v) is 3.13. The number of carbonyl (C=O) groups excluding carboxylic acids is 1. The van der Waals surface area contributed by atoms with Crippen LogP contribution >= 0.6 is 11.6 Å². The first-order valence-corrected chi connectivity index (χ1v) is 8.69. The molecule has 27 heavy (non-hydrogen) atoms. The van der Waals surface area contributed by atoms with Gasteiger partial charge in [0.25, 0.3) is 5.56 Å². The van der Waals surface area contributed by atoms with Crippen molar-refractivity contribution in [3.63, 3.8) is 0 Å².